The fourth-order valence-corrected chi connectivity index (χ4v) is 4.60. The highest BCUT2D eigenvalue weighted by Gasteiger charge is 2.20. The molecule has 0 amide bonds. The third-order valence-electron chi connectivity index (χ3n) is 4.21. The Morgan fingerprint density at radius 3 is 2.61 bits per heavy atom. The molecule has 2 aromatic heterocycles. The first-order valence-corrected chi connectivity index (χ1v) is 11.1. The molecule has 2 heterocycles. The zero-order valence-electron chi connectivity index (χ0n) is 15.7. The number of rotatable bonds is 7. The summed E-state index contributed by atoms with van der Waals surface area (Å²) in [7, 11) is -3.94. The number of nitrogens with zero attached hydrogens (tertiary/aromatic N) is 3. The number of aliphatic hydroxyl groups excluding tert-OH is 1. The third-order valence-corrected chi connectivity index (χ3v) is 6.56. The van der Waals surface area contributed by atoms with E-state index >= 15 is 0 Å². The van der Waals surface area contributed by atoms with Crippen LogP contribution in [0.1, 0.15) is 0 Å². The molecule has 31 heavy (non-hydrogen) atoms. The topological polar surface area (TPSA) is 130 Å². The maximum absolute atomic E-state index is 12.7. The monoisotopic (exact) mass is 479 g/mol. The zero-order valence-corrected chi connectivity index (χ0v) is 18.0. The van der Waals surface area contributed by atoms with Crippen molar-refractivity contribution in [3.63, 3.8) is 0 Å². The number of aromatic amines is 1. The van der Waals surface area contributed by atoms with E-state index in [0.29, 0.717) is 28.1 Å². The van der Waals surface area contributed by atoms with Gasteiger partial charge in [0, 0.05) is 11.3 Å². The van der Waals surface area contributed by atoms with Crippen molar-refractivity contribution >= 4 is 49.9 Å². The largest absolute Gasteiger partial charge is 0.475 e. The van der Waals surface area contributed by atoms with E-state index in [1.165, 1.54) is 24.4 Å². The lowest BCUT2D eigenvalue weighted by molar-refractivity contribution is 0.198. The van der Waals surface area contributed by atoms with Crippen LogP contribution in [0.5, 0.6) is 5.88 Å². The van der Waals surface area contributed by atoms with Crippen molar-refractivity contribution in [2.45, 2.75) is 4.90 Å². The van der Waals surface area contributed by atoms with E-state index in [0.717, 1.165) is 0 Å². The summed E-state index contributed by atoms with van der Waals surface area (Å²) in [5.74, 6) is 0.625. The van der Waals surface area contributed by atoms with Crippen LogP contribution in [0.3, 0.4) is 0 Å². The summed E-state index contributed by atoms with van der Waals surface area (Å²) in [6.45, 7) is -0.0896. The van der Waals surface area contributed by atoms with Crippen molar-refractivity contribution in [2.24, 2.45) is 0 Å². The van der Waals surface area contributed by atoms with Gasteiger partial charge in [-0.05, 0) is 36.4 Å². The first kappa shape index (κ1) is 21.3. The highest BCUT2D eigenvalue weighted by atomic mass is 35.5. The van der Waals surface area contributed by atoms with Crippen LogP contribution in [0.4, 0.5) is 5.69 Å². The molecule has 0 spiro atoms. The molecule has 0 unspecified atom stereocenters. The van der Waals surface area contributed by atoms with Crippen LogP contribution in [0, 0.1) is 0 Å². The number of aromatic nitrogens is 4. The van der Waals surface area contributed by atoms with Crippen LogP contribution in [0.25, 0.3) is 22.4 Å². The highest BCUT2D eigenvalue weighted by molar-refractivity contribution is 7.92. The van der Waals surface area contributed by atoms with E-state index in [-0.39, 0.29) is 34.0 Å². The first-order chi connectivity index (χ1) is 14.9. The lowest BCUT2D eigenvalue weighted by Gasteiger charge is -2.11. The van der Waals surface area contributed by atoms with Gasteiger partial charge >= 0.3 is 0 Å². The molecule has 0 aliphatic carbocycles. The number of anilines is 1. The van der Waals surface area contributed by atoms with Gasteiger partial charge in [-0.1, -0.05) is 29.3 Å². The van der Waals surface area contributed by atoms with E-state index in [2.05, 4.69) is 24.9 Å². The van der Waals surface area contributed by atoms with Crippen LogP contribution < -0.4 is 9.46 Å². The number of hydrogen-bond acceptors (Lipinski definition) is 7. The predicted molar refractivity (Wildman–Crippen MR) is 117 cm³/mol. The molecule has 0 saturated carbocycles. The molecular weight excluding hydrogens is 465 g/mol. The molecule has 0 bridgehead atoms. The normalized spacial score (nSPS) is 11.6. The summed E-state index contributed by atoms with van der Waals surface area (Å²) in [6, 6.07) is 10.8. The van der Waals surface area contributed by atoms with E-state index in [9.17, 15) is 8.42 Å². The molecule has 9 nitrogen and oxygen atoms in total. The van der Waals surface area contributed by atoms with Gasteiger partial charge in [-0.2, -0.15) is 10.1 Å². The number of hydrogen-bond donors (Lipinski definition) is 3. The first-order valence-electron chi connectivity index (χ1n) is 8.91. The maximum atomic E-state index is 12.7. The van der Waals surface area contributed by atoms with Gasteiger partial charge in [0.25, 0.3) is 10.0 Å². The number of benzene rings is 2. The molecule has 160 valence electrons. The smallest absolute Gasteiger partial charge is 0.263 e. The molecular formula is C19H15Cl2N5O4S. The summed E-state index contributed by atoms with van der Waals surface area (Å²) in [5.41, 5.74) is 1.41. The molecule has 0 atom stereocenters. The van der Waals surface area contributed by atoms with Crippen LogP contribution in [0.15, 0.2) is 53.6 Å². The molecule has 12 heteroatoms. The van der Waals surface area contributed by atoms with Crippen molar-refractivity contribution in [1.82, 2.24) is 20.2 Å². The Morgan fingerprint density at radius 2 is 1.87 bits per heavy atom. The number of H-pyrrole nitrogens is 1. The van der Waals surface area contributed by atoms with E-state index in [1.807, 2.05) is 0 Å². The fourth-order valence-electron chi connectivity index (χ4n) is 2.78. The summed E-state index contributed by atoms with van der Waals surface area (Å²) in [6.07, 6.45) is 1.53. The second-order valence-electron chi connectivity index (χ2n) is 6.29. The second kappa shape index (κ2) is 8.67. The Kier molecular flexibility index (Phi) is 5.96. The van der Waals surface area contributed by atoms with Gasteiger partial charge in [0.15, 0.2) is 11.5 Å². The molecule has 3 N–H and O–H groups in total. The molecule has 0 saturated heterocycles. The average Bonchev–Trinajstić information content (AvgIpc) is 3.23. The number of sulfonamides is 1. The fraction of sp³-hybridized carbons (Fsp3) is 0.105. The van der Waals surface area contributed by atoms with Gasteiger partial charge in [-0.25, -0.2) is 13.4 Å². The van der Waals surface area contributed by atoms with Gasteiger partial charge in [0.2, 0.25) is 5.88 Å². The summed E-state index contributed by atoms with van der Waals surface area (Å²) in [5, 5.41) is 16.4. The van der Waals surface area contributed by atoms with Crippen molar-refractivity contribution in [3.8, 4) is 17.3 Å². The lowest BCUT2D eigenvalue weighted by Crippen LogP contribution is -2.13. The van der Waals surface area contributed by atoms with Crippen molar-refractivity contribution < 1.29 is 18.3 Å². The zero-order chi connectivity index (χ0) is 22.0. The SMILES string of the molecule is O=S(=O)(Nc1ccc(-c2nc(OCCO)c3cn[nH]c3n2)cc1)c1cccc(Cl)c1Cl. The lowest BCUT2D eigenvalue weighted by atomic mass is 10.2. The van der Waals surface area contributed by atoms with Crippen molar-refractivity contribution in [3.05, 3.63) is 58.7 Å². The minimum absolute atomic E-state index is 0.0510. The summed E-state index contributed by atoms with van der Waals surface area (Å²) < 4.78 is 33.3. The van der Waals surface area contributed by atoms with Gasteiger partial charge < -0.3 is 9.84 Å². The second-order valence-corrected chi connectivity index (χ2v) is 8.73. The Morgan fingerprint density at radius 1 is 1.10 bits per heavy atom. The van der Waals surface area contributed by atoms with Crippen molar-refractivity contribution in [2.75, 3.05) is 17.9 Å². The van der Waals surface area contributed by atoms with Crippen molar-refractivity contribution in [1.29, 1.82) is 0 Å². The molecule has 0 fully saturated rings. The molecule has 4 aromatic rings. The quantitative estimate of drug-likeness (QED) is 0.369. The minimum atomic E-state index is -3.94. The molecule has 2 aromatic carbocycles. The summed E-state index contributed by atoms with van der Waals surface area (Å²) in [4.78, 5) is 8.66. The van der Waals surface area contributed by atoms with Crippen LogP contribution >= 0.6 is 23.2 Å². The van der Waals surface area contributed by atoms with Crippen LogP contribution in [0.2, 0.25) is 10.0 Å². The van der Waals surface area contributed by atoms with E-state index < -0.39 is 10.0 Å². The summed E-state index contributed by atoms with van der Waals surface area (Å²) >= 11 is 12.0. The predicted octanol–water partition coefficient (Wildman–Crippen LogP) is 3.50. The number of aliphatic hydroxyl groups is 1. The average molecular weight is 480 g/mol. The van der Waals surface area contributed by atoms with Crippen LogP contribution in [-0.2, 0) is 10.0 Å². The van der Waals surface area contributed by atoms with Gasteiger partial charge in [-0.15, -0.1) is 0 Å². The Hall–Kier alpha value is -2.92. The maximum Gasteiger partial charge on any atom is 0.263 e. The molecule has 0 aliphatic heterocycles. The minimum Gasteiger partial charge on any atom is -0.475 e. The number of fused-ring (bicyclic) bond motifs is 1. The van der Waals surface area contributed by atoms with Gasteiger partial charge in [0.1, 0.15) is 16.9 Å². The molecule has 0 aliphatic rings. The van der Waals surface area contributed by atoms with Gasteiger partial charge in [0.05, 0.1) is 22.8 Å². The highest BCUT2D eigenvalue weighted by Crippen LogP contribution is 2.31. The standard InChI is InChI=1S/C19H15Cl2N5O4S/c20-14-2-1-3-15(16(14)21)31(28,29)26-12-6-4-11(5-7-12)17-23-18-13(10-22-25-18)19(24-17)30-9-8-27/h1-7,10,26-27H,8-9H2,(H,22,23,24,25). The van der Waals surface area contributed by atoms with E-state index in [1.54, 1.807) is 24.3 Å². The Bertz CT molecular complexity index is 1340. The Balaban J connectivity index is 1.62. The van der Waals surface area contributed by atoms with Crippen LogP contribution in [-0.4, -0.2) is 46.9 Å². The molecule has 0 radical (unpaired) electrons. The number of halogens is 2. The third kappa shape index (κ3) is 4.42. The van der Waals surface area contributed by atoms with E-state index in [4.69, 9.17) is 33.0 Å². The number of nitrogens with one attached hydrogen (secondary N) is 2. The Labute approximate surface area is 187 Å². The number of ether oxygens (including phenoxy) is 1. The molecule has 4 rings (SSSR count). The van der Waals surface area contributed by atoms with Gasteiger partial charge in [-0.3, -0.25) is 9.82 Å².